The summed E-state index contributed by atoms with van der Waals surface area (Å²) in [4.78, 5) is 18.0. The van der Waals surface area contributed by atoms with Gasteiger partial charge in [-0.2, -0.15) is 0 Å². The quantitative estimate of drug-likeness (QED) is 0.751. The van der Waals surface area contributed by atoms with Crippen LogP contribution in [-0.4, -0.2) is 36.6 Å². The molecule has 0 saturated carbocycles. The van der Waals surface area contributed by atoms with Crippen LogP contribution in [0.25, 0.3) is 10.9 Å². The summed E-state index contributed by atoms with van der Waals surface area (Å²) in [6.07, 6.45) is 4.12. The van der Waals surface area contributed by atoms with Crippen LogP contribution in [0, 0.1) is 0 Å². The smallest absolute Gasteiger partial charge is 0.223 e. The summed E-state index contributed by atoms with van der Waals surface area (Å²) >= 11 is 0. The van der Waals surface area contributed by atoms with Gasteiger partial charge in [0.05, 0.1) is 14.2 Å². The molecule has 0 saturated heterocycles. The number of methoxy groups -OCH3 is 2. The number of aromatic amines is 1. The van der Waals surface area contributed by atoms with Gasteiger partial charge < -0.3 is 19.4 Å². The molecule has 27 heavy (non-hydrogen) atoms. The number of aryl methyl sites for hydroxylation is 1. The van der Waals surface area contributed by atoms with Crippen LogP contribution in [0.5, 0.6) is 11.5 Å². The normalized spacial score (nSPS) is 13.5. The van der Waals surface area contributed by atoms with Crippen LogP contribution in [0.4, 0.5) is 0 Å². The molecular weight excluding hydrogens is 340 g/mol. The molecule has 3 aromatic rings. The van der Waals surface area contributed by atoms with Crippen molar-refractivity contribution in [1.82, 2.24) is 9.88 Å². The number of ether oxygens (including phenoxy) is 2. The molecule has 1 aromatic heterocycles. The highest BCUT2D eigenvalue weighted by Crippen LogP contribution is 2.33. The number of H-pyrrole nitrogens is 1. The number of carbonyl (C=O) groups is 1. The highest BCUT2D eigenvalue weighted by Gasteiger charge is 2.22. The van der Waals surface area contributed by atoms with E-state index in [1.165, 1.54) is 16.5 Å². The van der Waals surface area contributed by atoms with Gasteiger partial charge in [0.1, 0.15) is 0 Å². The van der Waals surface area contributed by atoms with Gasteiger partial charge >= 0.3 is 0 Å². The maximum Gasteiger partial charge on any atom is 0.223 e. The van der Waals surface area contributed by atoms with Crippen molar-refractivity contribution in [2.75, 3.05) is 20.8 Å². The summed E-state index contributed by atoms with van der Waals surface area (Å²) < 4.78 is 10.8. The highest BCUT2D eigenvalue weighted by molar-refractivity contribution is 5.84. The van der Waals surface area contributed by atoms with Crippen molar-refractivity contribution in [3.8, 4) is 11.5 Å². The van der Waals surface area contributed by atoms with E-state index in [9.17, 15) is 4.79 Å². The van der Waals surface area contributed by atoms with Crippen LogP contribution in [0.15, 0.2) is 42.6 Å². The zero-order chi connectivity index (χ0) is 18.8. The predicted molar refractivity (Wildman–Crippen MR) is 105 cm³/mol. The molecule has 2 aromatic carbocycles. The van der Waals surface area contributed by atoms with E-state index in [1.807, 2.05) is 35.4 Å². The maximum absolute atomic E-state index is 12.8. The largest absolute Gasteiger partial charge is 0.493 e. The summed E-state index contributed by atoms with van der Waals surface area (Å²) in [7, 11) is 3.28. The Bertz CT molecular complexity index is 977. The minimum atomic E-state index is 0.195. The Balaban J connectivity index is 1.45. The van der Waals surface area contributed by atoms with Gasteiger partial charge in [-0.3, -0.25) is 4.79 Å². The molecule has 2 heterocycles. The van der Waals surface area contributed by atoms with Gasteiger partial charge in [-0.05, 0) is 47.7 Å². The first-order valence-electron chi connectivity index (χ1n) is 9.26. The first kappa shape index (κ1) is 17.5. The van der Waals surface area contributed by atoms with E-state index >= 15 is 0 Å². The minimum Gasteiger partial charge on any atom is -0.493 e. The van der Waals surface area contributed by atoms with Gasteiger partial charge in [0.15, 0.2) is 11.5 Å². The first-order chi connectivity index (χ1) is 13.2. The Labute approximate surface area is 158 Å². The molecule has 1 N–H and O–H groups in total. The lowest BCUT2D eigenvalue weighted by Crippen LogP contribution is -2.36. The molecular formula is C22H24N2O3. The van der Waals surface area contributed by atoms with Crippen molar-refractivity contribution in [3.05, 3.63) is 59.3 Å². The third-order valence-electron chi connectivity index (χ3n) is 5.35. The van der Waals surface area contributed by atoms with Crippen molar-refractivity contribution in [2.24, 2.45) is 0 Å². The fourth-order valence-corrected chi connectivity index (χ4v) is 3.83. The van der Waals surface area contributed by atoms with Gasteiger partial charge in [-0.1, -0.05) is 18.2 Å². The Morgan fingerprint density at radius 2 is 1.85 bits per heavy atom. The second kappa shape index (κ2) is 7.35. The molecule has 4 rings (SSSR count). The molecule has 0 atom stereocenters. The molecule has 5 nitrogen and oxygen atoms in total. The fraction of sp³-hybridized carbons (Fsp3) is 0.318. The predicted octanol–water partition coefficient (Wildman–Crippen LogP) is 3.70. The molecule has 5 heteroatoms. The topological polar surface area (TPSA) is 54.6 Å². The molecule has 1 aliphatic rings. The van der Waals surface area contributed by atoms with Gasteiger partial charge in [0, 0.05) is 36.6 Å². The lowest BCUT2D eigenvalue weighted by atomic mass is 9.98. The number of rotatable bonds is 5. The lowest BCUT2D eigenvalue weighted by molar-refractivity contribution is -0.132. The maximum atomic E-state index is 12.8. The number of nitrogens with one attached hydrogen (secondary N) is 1. The van der Waals surface area contributed by atoms with E-state index < -0.39 is 0 Å². The third-order valence-corrected chi connectivity index (χ3v) is 5.35. The number of aromatic nitrogens is 1. The van der Waals surface area contributed by atoms with E-state index in [-0.39, 0.29) is 5.91 Å². The van der Waals surface area contributed by atoms with Gasteiger partial charge in [0.25, 0.3) is 0 Å². The minimum absolute atomic E-state index is 0.195. The van der Waals surface area contributed by atoms with Crippen LogP contribution in [0.3, 0.4) is 0 Å². The second-order valence-electron chi connectivity index (χ2n) is 6.90. The summed E-state index contributed by atoms with van der Waals surface area (Å²) in [6.45, 7) is 1.37. The van der Waals surface area contributed by atoms with Crippen LogP contribution in [0.1, 0.15) is 23.1 Å². The summed E-state index contributed by atoms with van der Waals surface area (Å²) in [5.41, 5.74) is 4.68. The average molecular weight is 364 g/mol. The van der Waals surface area contributed by atoms with Gasteiger partial charge in [0.2, 0.25) is 5.91 Å². The van der Waals surface area contributed by atoms with Crippen LogP contribution in [-0.2, 0) is 24.2 Å². The Morgan fingerprint density at radius 3 is 2.63 bits per heavy atom. The first-order valence-corrected chi connectivity index (χ1v) is 9.26. The van der Waals surface area contributed by atoms with E-state index in [2.05, 4.69) is 17.1 Å². The lowest BCUT2D eigenvalue weighted by Gasteiger charge is -2.29. The van der Waals surface area contributed by atoms with E-state index in [1.54, 1.807) is 14.2 Å². The number of amides is 1. The van der Waals surface area contributed by atoms with Crippen LogP contribution in [0.2, 0.25) is 0 Å². The van der Waals surface area contributed by atoms with E-state index in [0.29, 0.717) is 18.7 Å². The highest BCUT2D eigenvalue weighted by atomic mass is 16.5. The third kappa shape index (κ3) is 3.37. The van der Waals surface area contributed by atoms with Crippen molar-refractivity contribution >= 4 is 16.8 Å². The molecule has 1 amide bonds. The van der Waals surface area contributed by atoms with Crippen molar-refractivity contribution in [1.29, 1.82) is 0 Å². The summed E-state index contributed by atoms with van der Waals surface area (Å²) in [5, 5.41) is 1.20. The number of hydrogen-bond acceptors (Lipinski definition) is 3. The average Bonchev–Trinajstić information content (AvgIpc) is 3.13. The second-order valence-corrected chi connectivity index (χ2v) is 6.90. The van der Waals surface area contributed by atoms with Crippen molar-refractivity contribution in [3.63, 3.8) is 0 Å². The van der Waals surface area contributed by atoms with Crippen LogP contribution < -0.4 is 9.47 Å². The Kier molecular flexibility index (Phi) is 4.75. The molecule has 140 valence electrons. The summed E-state index contributed by atoms with van der Waals surface area (Å²) in [6, 6.07) is 12.2. The molecule has 0 spiro atoms. The number of benzene rings is 2. The standard InChI is InChI=1S/C22H24N2O3/c1-26-20-11-15-9-10-24(14-17(15)12-21(20)27-2)22(25)8-7-16-13-23-19-6-4-3-5-18(16)19/h3-6,11-13,23H,7-10,14H2,1-2H3. The van der Waals surface area contributed by atoms with Gasteiger partial charge in [-0.25, -0.2) is 0 Å². The number of hydrogen-bond donors (Lipinski definition) is 1. The molecule has 0 aliphatic carbocycles. The Morgan fingerprint density at radius 1 is 1.11 bits per heavy atom. The van der Waals surface area contributed by atoms with E-state index in [0.717, 1.165) is 36.2 Å². The van der Waals surface area contributed by atoms with Crippen LogP contribution >= 0.6 is 0 Å². The molecule has 1 aliphatic heterocycles. The number of para-hydroxylation sites is 1. The molecule has 0 bridgehead atoms. The van der Waals surface area contributed by atoms with Crippen molar-refractivity contribution < 1.29 is 14.3 Å². The summed E-state index contributed by atoms with van der Waals surface area (Å²) in [5.74, 6) is 1.65. The monoisotopic (exact) mass is 364 g/mol. The number of carbonyl (C=O) groups excluding carboxylic acids is 1. The molecule has 0 unspecified atom stereocenters. The number of fused-ring (bicyclic) bond motifs is 2. The van der Waals surface area contributed by atoms with E-state index in [4.69, 9.17) is 9.47 Å². The SMILES string of the molecule is COc1cc2c(cc1OC)CN(C(=O)CCc1c[nH]c3ccccc13)CC2. The van der Waals surface area contributed by atoms with Gasteiger partial charge in [-0.15, -0.1) is 0 Å². The zero-order valence-electron chi connectivity index (χ0n) is 15.7. The molecule has 0 radical (unpaired) electrons. The zero-order valence-corrected chi connectivity index (χ0v) is 15.7. The number of nitrogens with zero attached hydrogens (tertiary/aromatic N) is 1. The molecule has 0 fully saturated rings. The Hall–Kier alpha value is -2.95. The van der Waals surface area contributed by atoms with Crippen molar-refractivity contribution in [2.45, 2.75) is 25.8 Å². The fourth-order valence-electron chi connectivity index (χ4n) is 3.83.